The molecule has 4 aromatic rings. The van der Waals surface area contributed by atoms with E-state index in [2.05, 4.69) is 23.2 Å². The van der Waals surface area contributed by atoms with Crippen LogP contribution in [0.3, 0.4) is 0 Å². The van der Waals surface area contributed by atoms with Gasteiger partial charge in [0.2, 0.25) is 11.6 Å². The monoisotopic (exact) mass is 925 g/mol. The highest BCUT2D eigenvalue weighted by molar-refractivity contribution is 6.74. The summed E-state index contributed by atoms with van der Waals surface area (Å²) in [5.74, 6) is -4.27. The van der Waals surface area contributed by atoms with Crippen molar-refractivity contribution in [2.24, 2.45) is 11.8 Å². The minimum Gasteiger partial charge on any atom is -0.507 e. The van der Waals surface area contributed by atoms with Crippen LogP contribution in [0.2, 0.25) is 18.1 Å². The van der Waals surface area contributed by atoms with Gasteiger partial charge in [-0.05, 0) is 85.2 Å². The molecule has 0 radical (unpaired) electrons. The molecule has 4 aliphatic rings. The maximum Gasteiger partial charge on any atom is 0.573 e. The average molecular weight is 926 g/mol. The SMILES string of the molecule is C=CCN(CC=C)[C@@H]1c2onc(OCc3ccccc3)c2C(=O)[C@@]2(O[Si](C)(C)C(C)(C)C)C(=O)C3=C(O)c4c(OCc5ccccc5)cc(CN5CCCC5)c(OC(F)(F)F)c4C[C@H]3C[C@@H]12. The number of ketones is 2. The molecule has 3 aromatic carbocycles. The molecular weight excluding hydrogens is 868 g/mol. The molecular formula is C51H58F3N3O8Si. The third kappa shape index (κ3) is 8.78. The molecule has 2 fully saturated rings. The minimum absolute atomic E-state index is 0.0149. The summed E-state index contributed by atoms with van der Waals surface area (Å²) in [4.78, 5) is 36.1. The first-order valence-corrected chi connectivity index (χ1v) is 25.5. The summed E-state index contributed by atoms with van der Waals surface area (Å²) in [5, 5.41) is 16.6. The number of aromatic nitrogens is 1. The van der Waals surface area contributed by atoms with Crippen LogP contribution < -0.4 is 14.2 Å². The lowest BCUT2D eigenvalue weighted by atomic mass is 9.57. The van der Waals surface area contributed by atoms with Crippen LogP contribution in [0.25, 0.3) is 5.76 Å². The summed E-state index contributed by atoms with van der Waals surface area (Å²) in [6, 6.07) is 19.2. The van der Waals surface area contributed by atoms with E-state index in [1.165, 1.54) is 6.07 Å². The number of fused-ring (bicyclic) bond motifs is 4. The van der Waals surface area contributed by atoms with E-state index >= 15 is 9.59 Å². The van der Waals surface area contributed by atoms with Crippen LogP contribution in [0.1, 0.15) is 90.0 Å². The molecule has 3 aliphatic carbocycles. The van der Waals surface area contributed by atoms with Crippen molar-refractivity contribution < 1.29 is 51.0 Å². The number of rotatable bonds is 16. The number of hydrogen-bond acceptors (Lipinski definition) is 11. The first kappa shape index (κ1) is 47.0. The van der Waals surface area contributed by atoms with Crippen LogP contribution in [0.4, 0.5) is 13.2 Å². The standard InChI is InChI=1S/C51H58F3N3O8Si/c1-8-22-57(23-9-2)42-37-27-34-26-36-40(38(61-30-32-18-12-10-13-19-32)28-35(29-56-24-16-17-25-56)44(36)63-51(52,53)54)43(58)39(34)46(59)50(37,65-66(6,7)49(3,4)5)47(60)41-45(42)64-55-48(41)62-31-33-20-14-11-15-21-33/h8-15,18-21,28,34,37,42,58H,1-2,16-17,22-27,29-31H2,3-7H3/t34-,37-,42-,50-/m0/s1. The van der Waals surface area contributed by atoms with E-state index < -0.39 is 66.3 Å². The molecule has 1 aliphatic heterocycles. The Morgan fingerprint density at radius 1 is 0.924 bits per heavy atom. The lowest BCUT2D eigenvalue weighted by molar-refractivity contribution is -0.275. The zero-order valence-corrected chi connectivity index (χ0v) is 39.2. The van der Waals surface area contributed by atoms with Crippen molar-refractivity contribution in [3.8, 4) is 17.4 Å². The number of aliphatic hydroxyl groups is 1. The molecule has 0 amide bonds. The molecule has 1 saturated heterocycles. The predicted molar refractivity (Wildman–Crippen MR) is 246 cm³/mol. The largest absolute Gasteiger partial charge is 0.573 e. The molecule has 4 atom stereocenters. The van der Waals surface area contributed by atoms with E-state index in [9.17, 15) is 18.3 Å². The zero-order chi connectivity index (χ0) is 47.2. The van der Waals surface area contributed by atoms with Gasteiger partial charge in [0.05, 0.1) is 11.6 Å². The Balaban J connectivity index is 1.36. The number of carbonyl (C=O) groups excluding carboxylic acids is 2. The minimum atomic E-state index is -5.09. The summed E-state index contributed by atoms with van der Waals surface area (Å²) >= 11 is 0. The highest BCUT2D eigenvalue weighted by atomic mass is 28.4. The summed E-state index contributed by atoms with van der Waals surface area (Å²) in [5.41, 5.74) is -0.638. The Labute approximate surface area is 385 Å². The van der Waals surface area contributed by atoms with Crippen LogP contribution in [-0.4, -0.2) is 78.1 Å². The molecule has 15 heteroatoms. The third-order valence-corrected chi connectivity index (χ3v) is 18.4. The Morgan fingerprint density at radius 2 is 1.53 bits per heavy atom. The molecule has 1 aromatic heterocycles. The van der Waals surface area contributed by atoms with Crippen molar-refractivity contribution in [2.45, 2.75) is 102 Å². The predicted octanol–water partition coefficient (Wildman–Crippen LogP) is 10.7. The summed E-state index contributed by atoms with van der Waals surface area (Å²) < 4.78 is 74.9. The van der Waals surface area contributed by atoms with Gasteiger partial charge >= 0.3 is 6.36 Å². The van der Waals surface area contributed by atoms with Crippen LogP contribution >= 0.6 is 0 Å². The number of aliphatic hydroxyl groups excluding tert-OH is 1. The molecule has 0 spiro atoms. The Morgan fingerprint density at radius 3 is 2.11 bits per heavy atom. The molecule has 0 unspecified atom stereocenters. The molecule has 1 saturated carbocycles. The van der Waals surface area contributed by atoms with Gasteiger partial charge in [0.1, 0.15) is 36.0 Å². The van der Waals surface area contributed by atoms with Crippen molar-refractivity contribution in [2.75, 3.05) is 26.2 Å². The molecule has 350 valence electrons. The Kier molecular flexibility index (Phi) is 13.0. The highest BCUT2D eigenvalue weighted by Crippen LogP contribution is 2.60. The number of likely N-dealkylation sites (tertiary alicyclic amines) is 1. The van der Waals surface area contributed by atoms with Crippen LogP contribution in [-0.2, 0) is 35.4 Å². The van der Waals surface area contributed by atoms with E-state index in [0.717, 1.165) is 24.0 Å². The van der Waals surface area contributed by atoms with Crippen molar-refractivity contribution in [1.29, 1.82) is 0 Å². The topological polar surface area (TPSA) is 124 Å². The quantitative estimate of drug-likeness (QED) is 0.0656. The third-order valence-electron chi connectivity index (χ3n) is 13.9. The van der Waals surface area contributed by atoms with Crippen molar-refractivity contribution in [1.82, 2.24) is 15.0 Å². The smallest absolute Gasteiger partial charge is 0.507 e. The lowest BCUT2D eigenvalue weighted by Crippen LogP contribution is -2.68. The molecule has 2 heterocycles. The number of alkyl halides is 3. The Hall–Kier alpha value is -5.48. The normalized spacial score (nSPS) is 22.1. The number of carbonyl (C=O) groups is 2. The van der Waals surface area contributed by atoms with Gasteiger partial charge in [0, 0.05) is 42.3 Å². The number of ether oxygens (including phenoxy) is 3. The van der Waals surface area contributed by atoms with Gasteiger partial charge in [-0.15, -0.1) is 26.3 Å². The molecule has 8 rings (SSSR count). The maximum atomic E-state index is 16.2. The summed E-state index contributed by atoms with van der Waals surface area (Å²) in [6.45, 7) is 20.0. The summed E-state index contributed by atoms with van der Waals surface area (Å²) in [7, 11) is -3.13. The fraction of sp³-hybridized carbons (Fsp3) is 0.431. The maximum absolute atomic E-state index is 16.2. The second kappa shape index (κ2) is 18.3. The second-order valence-corrected chi connectivity index (χ2v) is 24.0. The van der Waals surface area contributed by atoms with E-state index in [1.54, 1.807) is 12.2 Å². The van der Waals surface area contributed by atoms with E-state index in [4.69, 9.17) is 23.2 Å². The van der Waals surface area contributed by atoms with E-state index in [0.29, 0.717) is 13.1 Å². The molecule has 11 nitrogen and oxygen atoms in total. The van der Waals surface area contributed by atoms with E-state index in [1.807, 2.05) is 99.4 Å². The number of Topliss-reactive ketones (excluding diaryl/α,β-unsaturated/α-hetero) is 2. The van der Waals surface area contributed by atoms with Gasteiger partial charge < -0.3 is 28.3 Å². The van der Waals surface area contributed by atoms with Crippen molar-refractivity contribution in [3.63, 3.8) is 0 Å². The highest BCUT2D eigenvalue weighted by Gasteiger charge is 2.69. The number of hydrogen-bond donors (Lipinski definition) is 1. The van der Waals surface area contributed by atoms with Crippen LogP contribution in [0.15, 0.2) is 102 Å². The Bertz CT molecular complexity index is 2500. The summed E-state index contributed by atoms with van der Waals surface area (Å²) in [6.07, 6.45) is -0.0354. The second-order valence-electron chi connectivity index (χ2n) is 19.3. The average Bonchev–Trinajstić information content (AvgIpc) is 3.94. The molecule has 66 heavy (non-hydrogen) atoms. The lowest BCUT2D eigenvalue weighted by Gasteiger charge is -2.55. The zero-order valence-electron chi connectivity index (χ0n) is 38.2. The number of nitrogens with zero attached hydrogens (tertiary/aromatic N) is 3. The van der Waals surface area contributed by atoms with Gasteiger partial charge in [-0.3, -0.25) is 19.4 Å². The number of halogens is 3. The van der Waals surface area contributed by atoms with Crippen LogP contribution in [0.5, 0.6) is 17.4 Å². The van der Waals surface area contributed by atoms with Gasteiger partial charge in [-0.1, -0.05) is 93.6 Å². The first-order chi connectivity index (χ1) is 31.4. The van der Waals surface area contributed by atoms with Crippen molar-refractivity contribution >= 4 is 25.6 Å². The fourth-order valence-electron chi connectivity index (χ4n) is 9.90. The fourth-order valence-corrected chi connectivity index (χ4v) is 11.3. The molecule has 1 N–H and O–H groups in total. The van der Waals surface area contributed by atoms with Gasteiger partial charge in [-0.2, -0.15) is 0 Å². The van der Waals surface area contributed by atoms with Gasteiger partial charge in [0.15, 0.2) is 19.7 Å². The van der Waals surface area contributed by atoms with Gasteiger partial charge in [0.25, 0.3) is 5.88 Å². The van der Waals surface area contributed by atoms with Crippen molar-refractivity contribution in [3.05, 3.63) is 137 Å². The van der Waals surface area contributed by atoms with Gasteiger partial charge in [-0.25, -0.2) is 0 Å². The molecule has 0 bridgehead atoms. The first-order valence-electron chi connectivity index (χ1n) is 22.6. The number of benzene rings is 3. The van der Waals surface area contributed by atoms with E-state index in [-0.39, 0.29) is 90.9 Å². The van der Waals surface area contributed by atoms with Crippen LogP contribution in [0, 0.1) is 11.8 Å².